The van der Waals surface area contributed by atoms with E-state index in [2.05, 4.69) is 25.6 Å². The topological polar surface area (TPSA) is 79.3 Å². The summed E-state index contributed by atoms with van der Waals surface area (Å²) in [7, 11) is -3.62. The Kier molecular flexibility index (Phi) is 4.92. The summed E-state index contributed by atoms with van der Waals surface area (Å²) in [5, 5.41) is 9.73. The molecule has 1 aromatic carbocycles. The summed E-state index contributed by atoms with van der Waals surface area (Å²) in [4.78, 5) is 5.29. The molecule has 0 radical (unpaired) electrons. The first-order chi connectivity index (χ1) is 9.42. The second kappa shape index (κ2) is 6.31. The quantitative estimate of drug-likeness (QED) is 0.837. The van der Waals surface area contributed by atoms with Gasteiger partial charge in [-0.2, -0.15) is 0 Å². The Morgan fingerprint density at radius 1 is 1.45 bits per heavy atom. The van der Waals surface area contributed by atoms with Gasteiger partial charge in [-0.05, 0) is 40.5 Å². The molecule has 8 heteroatoms. The molecule has 2 aromatic rings. The second-order valence-corrected chi connectivity index (χ2v) is 8.02. The minimum Gasteiger partial charge on any atom is -0.392 e. The van der Waals surface area contributed by atoms with E-state index >= 15 is 0 Å². The number of nitrogens with zero attached hydrogens (tertiary/aromatic N) is 1. The molecule has 108 valence electrons. The van der Waals surface area contributed by atoms with Crippen molar-refractivity contribution in [3.63, 3.8) is 0 Å². The van der Waals surface area contributed by atoms with E-state index in [-0.39, 0.29) is 18.0 Å². The van der Waals surface area contributed by atoms with Crippen LogP contribution in [0.5, 0.6) is 0 Å². The van der Waals surface area contributed by atoms with Gasteiger partial charge in [-0.1, -0.05) is 6.07 Å². The molecule has 0 bridgehead atoms. The fourth-order valence-corrected chi connectivity index (χ4v) is 4.51. The number of aromatic nitrogens is 1. The van der Waals surface area contributed by atoms with E-state index in [1.807, 2.05) is 6.92 Å². The molecular weight excluding hydrogens is 364 g/mol. The predicted octanol–water partition coefficient (Wildman–Crippen LogP) is 2.18. The third-order valence-corrected chi connectivity index (χ3v) is 5.84. The molecule has 0 fully saturated rings. The molecule has 1 heterocycles. The maximum atomic E-state index is 12.2. The van der Waals surface area contributed by atoms with Crippen LogP contribution in [-0.4, -0.2) is 18.5 Å². The molecule has 0 saturated carbocycles. The van der Waals surface area contributed by atoms with E-state index in [1.54, 1.807) is 18.3 Å². The molecule has 0 atom stereocenters. The number of benzene rings is 1. The summed E-state index contributed by atoms with van der Waals surface area (Å²) in [5.41, 5.74) is 0.645. The van der Waals surface area contributed by atoms with Crippen molar-refractivity contribution < 1.29 is 13.5 Å². The van der Waals surface area contributed by atoms with Crippen molar-refractivity contribution in [2.75, 3.05) is 0 Å². The molecule has 0 amide bonds. The highest BCUT2D eigenvalue weighted by Crippen LogP contribution is 2.23. The number of halogens is 1. The van der Waals surface area contributed by atoms with Crippen molar-refractivity contribution in [1.29, 1.82) is 0 Å². The molecule has 0 saturated heterocycles. The van der Waals surface area contributed by atoms with Gasteiger partial charge < -0.3 is 5.11 Å². The number of hydrogen-bond acceptors (Lipinski definition) is 5. The van der Waals surface area contributed by atoms with Gasteiger partial charge in [0.2, 0.25) is 10.0 Å². The number of aryl methyl sites for hydroxylation is 1. The monoisotopic (exact) mass is 376 g/mol. The SMILES string of the molecule is Cc1cnc(CNS(=O)(=O)c2ccc(CO)cc2Br)s1. The number of aliphatic hydroxyl groups is 1. The first-order valence-electron chi connectivity index (χ1n) is 5.72. The lowest BCUT2D eigenvalue weighted by Crippen LogP contribution is -2.23. The average Bonchev–Trinajstić information content (AvgIpc) is 2.82. The highest BCUT2D eigenvalue weighted by Gasteiger charge is 2.18. The third kappa shape index (κ3) is 3.64. The highest BCUT2D eigenvalue weighted by molar-refractivity contribution is 9.10. The highest BCUT2D eigenvalue weighted by atomic mass is 79.9. The zero-order valence-corrected chi connectivity index (χ0v) is 13.8. The van der Waals surface area contributed by atoms with E-state index in [9.17, 15) is 8.42 Å². The van der Waals surface area contributed by atoms with Gasteiger partial charge >= 0.3 is 0 Å². The first-order valence-corrected chi connectivity index (χ1v) is 8.82. The standard InChI is InChI=1S/C12H13BrN2O3S2/c1-8-5-14-12(19-8)6-15-20(17,18)11-3-2-9(7-16)4-10(11)13/h2-5,15-16H,6-7H2,1H3. The Labute approximate surface area is 129 Å². The minimum atomic E-state index is -3.62. The fourth-order valence-electron chi connectivity index (χ4n) is 1.58. The van der Waals surface area contributed by atoms with Crippen molar-refractivity contribution in [2.45, 2.75) is 25.0 Å². The molecule has 0 aliphatic rings. The van der Waals surface area contributed by atoms with E-state index in [1.165, 1.54) is 17.4 Å². The maximum Gasteiger partial charge on any atom is 0.242 e. The smallest absolute Gasteiger partial charge is 0.242 e. The van der Waals surface area contributed by atoms with Crippen LogP contribution < -0.4 is 4.72 Å². The molecule has 5 nitrogen and oxygen atoms in total. The van der Waals surface area contributed by atoms with Crippen molar-refractivity contribution in [3.8, 4) is 0 Å². The molecular formula is C12H13BrN2O3S2. The van der Waals surface area contributed by atoms with Crippen LogP contribution in [0.15, 0.2) is 33.8 Å². The average molecular weight is 377 g/mol. The largest absolute Gasteiger partial charge is 0.392 e. The Balaban J connectivity index is 2.18. The number of thiazole rings is 1. The first kappa shape index (κ1) is 15.6. The summed E-state index contributed by atoms with van der Waals surface area (Å²) >= 11 is 4.66. The molecule has 0 unspecified atom stereocenters. The Morgan fingerprint density at radius 3 is 2.75 bits per heavy atom. The number of sulfonamides is 1. The summed E-state index contributed by atoms with van der Waals surface area (Å²) in [5.74, 6) is 0. The zero-order valence-electron chi connectivity index (χ0n) is 10.6. The molecule has 20 heavy (non-hydrogen) atoms. The Morgan fingerprint density at radius 2 is 2.20 bits per heavy atom. The van der Waals surface area contributed by atoms with Crippen LogP contribution in [0.2, 0.25) is 0 Å². The van der Waals surface area contributed by atoms with Crippen LogP contribution in [0.1, 0.15) is 15.4 Å². The maximum absolute atomic E-state index is 12.2. The normalized spacial score (nSPS) is 11.8. The van der Waals surface area contributed by atoms with Crippen LogP contribution >= 0.6 is 27.3 Å². The van der Waals surface area contributed by atoms with E-state index in [4.69, 9.17) is 5.11 Å². The van der Waals surface area contributed by atoms with E-state index in [0.717, 1.165) is 4.88 Å². The van der Waals surface area contributed by atoms with Crippen LogP contribution in [0.4, 0.5) is 0 Å². The molecule has 2 N–H and O–H groups in total. The summed E-state index contributed by atoms with van der Waals surface area (Å²) in [6, 6.07) is 4.63. The van der Waals surface area contributed by atoms with Crippen LogP contribution in [0, 0.1) is 6.92 Å². The zero-order chi connectivity index (χ0) is 14.8. The van der Waals surface area contributed by atoms with Crippen molar-refractivity contribution in [1.82, 2.24) is 9.71 Å². The van der Waals surface area contributed by atoms with Crippen molar-refractivity contribution in [2.24, 2.45) is 0 Å². The Bertz CT molecular complexity index is 713. The fraction of sp³-hybridized carbons (Fsp3) is 0.250. The molecule has 0 spiro atoms. The lowest BCUT2D eigenvalue weighted by molar-refractivity contribution is 0.281. The third-order valence-electron chi connectivity index (χ3n) is 2.55. The van der Waals surface area contributed by atoms with Gasteiger partial charge in [-0.3, -0.25) is 0 Å². The van der Waals surface area contributed by atoms with Crippen LogP contribution in [0.3, 0.4) is 0 Å². The van der Waals surface area contributed by atoms with Gasteiger partial charge in [0.15, 0.2) is 0 Å². The van der Waals surface area contributed by atoms with Gasteiger partial charge in [0.05, 0.1) is 18.0 Å². The summed E-state index contributed by atoms with van der Waals surface area (Å²) < 4.78 is 27.3. The van der Waals surface area contributed by atoms with Gasteiger partial charge in [0, 0.05) is 15.5 Å². The number of aliphatic hydroxyl groups excluding tert-OH is 1. The van der Waals surface area contributed by atoms with Gasteiger partial charge in [0.25, 0.3) is 0 Å². The second-order valence-electron chi connectivity index (χ2n) is 4.11. The van der Waals surface area contributed by atoms with Gasteiger partial charge in [0.1, 0.15) is 5.01 Å². The molecule has 2 rings (SSSR count). The summed E-state index contributed by atoms with van der Waals surface area (Å²) in [6.45, 7) is 1.94. The van der Waals surface area contributed by atoms with Crippen molar-refractivity contribution in [3.05, 3.63) is 44.3 Å². The lowest BCUT2D eigenvalue weighted by Gasteiger charge is -2.08. The predicted molar refractivity (Wildman–Crippen MR) is 80.9 cm³/mol. The number of nitrogens with one attached hydrogen (secondary N) is 1. The lowest BCUT2D eigenvalue weighted by atomic mass is 10.2. The van der Waals surface area contributed by atoms with Gasteiger partial charge in [-0.25, -0.2) is 18.1 Å². The summed E-state index contributed by atoms with van der Waals surface area (Å²) in [6.07, 6.45) is 1.71. The number of rotatable bonds is 5. The van der Waals surface area contributed by atoms with Crippen LogP contribution in [0.25, 0.3) is 0 Å². The van der Waals surface area contributed by atoms with Crippen molar-refractivity contribution >= 4 is 37.3 Å². The molecule has 0 aliphatic heterocycles. The van der Waals surface area contributed by atoms with Crippen LogP contribution in [-0.2, 0) is 23.2 Å². The Hall–Kier alpha value is -0.800. The number of hydrogen-bond donors (Lipinski definition) is 2. The molecule has 1 aromatic heterocycles. The van der Waals surface area contributed by atoms with E-state index in [0.29, 0.717) is 15.0 Å². The molecule has 0 aliphatic carbocycles. The van der Waals surface area contributed by atoms with Gasteiger partial charge in [-0.15, -0.1) is 11.3 Å². The van der Waals surface area contributed by atoms with E-state index < -0.39 is 10.0 Å². The minimum absolute atomic E-state index is 0.134.